The second-order valence-electron chi connectivity index (χ2n) is 11.2. The summed E-state index contributed by atoms with van der Waals surface area (Å²) in [6.45, 7) is 4.89. The molecule has 0 amide bonds. The number of esters is 1. The van der Waals surface area contributed by atoms with Crippen molar-refractivity contribution in [1.29, 1.82) is 0 Å². The molecule has 152 valence electrons. The summed E-state index contributed by atoms with van der Waals surface area (Å²) in [5, 5.41) is 0. The van der Waals surface area contributed by atoms with Crippen molar-refractivity contribution in [3.8, 4) is 0 Å². The number of carbonyl (C=O) groups excluding carboxylic acids is 2. The van der Waals surface area contributed by atoms with E-state index in [-0.39, 0.29) is 11.6 Å². The molecule has 28 heavy (non-hydrogen) atoms. The molecular formula is C25H34O3. The van der Waals surface area contributed by atoms with Crippen LogP contribution in [0, 0.1) is 53.3 Å². The van der Waals surface area contributed by atoms with Crippen molar-refractivity contribution in [3.63, 3.8) is 0 Å². The zero-order valence-corrected chi connectivity index (χ0v) is 17.4. The monoisotopic (exact) mass is 382 g/mol. The van der Waals surface area contributed by atoms with Gasteiger partial charge in [0.05, 0.1) is 0 Å². The number of fused-ring (bicyclic) bond motifs is 7. The minimum Gasteiger partial charge on any atom is -0.459 e. The zero-order valence-electron chi connectivity index (χ0n) is 17.4. The number of hydrogen-bond acceptors (Lipinski definition) is 3. The van der Waals surface area contributed by atoms with Gasteiger partial charge in [0.25, 0.3) is 0 Å². The summed E-state index contributed by atoms with van der Waals surface area (Å²) >= 11 is 0. The molecule has 10 atom stereocenters. The lowest BCUT2D eigenvalue weighted by molar-refractivity contribution is -0.154. The van der Waals surface area contributed by atoms with Gasteiger partial charge in [-0.05, 0) is 104 Å². The summed E-state index contributed by atoms with van der Waals surface area (Å²) in [6, 6.07) is 0. The number of allylic oxidation sites excluding steroid dienone is 2. The third kappa shape index (κ3) is 2.53. The SMILES string of the molecule is CC1C2CC2C[C@@]2(CCC(=O)O2)C(C)CCC2C3CCC(=O)C=C3C3CC3C12. The Morgan fingerprint density at radius 3 is 2.61 bits per heavy atom. The largest absolute Gasteiger partial charge is 0.459 e. The first-order valence-corrected chi connectivity index (χ1v) is 11.9. The molecule has 0 radical (unpaired) electrons. The van der Waals surface area contributed by atoms with E-state index in [1.54, 1.807) is 0 Å². The van der Waals surface area contributed by atoms with Gasteiger partial charge >= 0.3 is 5.97 Å². The molecule has 1 saturated heterocycles. The van der Waals surface area contributed by atoms with Crippen molar-refractivity contribution in [2.24, 2.45) is 53.3 Å². The van der Waals surface area contributed by atoms with Gasteiger partial charge in [-0.25, -0.2) is 0 Å². The Balaban J connectivity index is 1.34. The van der Waals surface area contributed by atoms with E-state index in [4.69, 9.17) is 4.74 Å². The first-order valence-electron chi connectivity index (χ1n) is 11.9. The summed E-state index contributed by atoms with van der Waals surface area (Å²) in [5.74, 6) is 7.11. The third-order valence-corrected chi connectivity index (χ3v) is 10.00. The van der Waals surface area contributed by atoms with E-state index >= 15 is 0 Å². The summed E-state index contributed by atoms with van der Waals surface area (Å²) < 4.78 is 6.06. The highest BCUT2D eigenvalue weighted by molar-refractivity contribution is 5.91. The van der Waals surface area contributed by atoms with E-state index in [9.17, 15) is 9.59 Å². The molecule has 6 rings (SSSR count). The van der Waals surface area contributed by atoms with Crippen molar-refractivity contribution < 1.29 is 14.3 Å². The van der Waals surface area contributed by atoms with Crippen LogP contribution >= 0.6 is 0 Å². The van der Waals surface area contributed by atoms with Gasteiger partial charge in [-0.3, -0.25) is 9.59 Å². The first kappa shape index (κ1) is 17.7. The Kier molecular flexibility index (Phi) is 3.77. The topological polar surface area (TPSA) is 43.4 Å². The van der Waals surface area contributed by atoms with E-state index in [0.29, 0.717) is 24.0 Å². The number of carbonyl (C=O) groups is 2. The van der Waals surface area contributed by atoms with E-state index < -0.39 is 0 Å². The van der Waals surface area contributed by atoms with Gasteiger partial charge in [0.15, 0.2) is 5.78 Å². The fraction of sp³-hybridized carbons (Fsp3) is 0.840. The van der Waals surface area contributed by atoms with Gasteiger partial charge in [0.1, 0.15) is 5.60 Å². The molecule has 1 spiro atoms. The number of ether oxygens (including phenoxy) is 1. The average Bonchev–Trinajstić information content (AvgIpc) is 3.56. The van der Waals surface area contributed by atoms with Gasteiger partial charge in [-0.15, -0.1) is 0 Å². The van der Waals surface area contributed by atoms with Gasteiger partial charge in [0.2, 0.25) is 0 Å². The van der Waals surface area contributed by atoms with Gasteiger partial charge in [0, 0.05) is 12.8 Å². The maximum Gasteiger partial charge on any atom is 0.306 e. The highest BCUT2D eigenvalue weighted by Gasteiger charge is 2.61. The molecule has 1 aliphatic heterocycles. The van der Waals surface area contributed by atoms with Crippen LogP contribution in [0.1, 0.15) is 71.6 Å². The maximum atomic E-state index is 12.1. The van der Waals surface area contributed by atoms with E-state index in [1.807, 2.05) is 0 Å². The van der Waals surface area contributed by atoms with Crippen LogP contribution in [0.4, 0.5) is 0 Å². The molecule has 0 aromatic heterocycles. The van der Waals surface area contributed by atoms with Gasteiger partial charge in [-0.1, -0.05) is 19.4 Å². The molecule has 5 fully saturated rings. The van der Waals surface area contributed by atoms with Crippen LogP contribution in [0.5, 0.6) is 0 Å². The van der Waals surface area contributed by atoms with Crippen LogP contribution in [0.2, 0.25) is 0 Å². The molecule has 0 N–H and O–H groups in total. The molecule has 3 nitrogen and oxygen atoms in total. The van der Waals surface area contributed by atoms with E-state index in [0.717, 1.165) is 67.1 Å². The van der Waals surface area contributed by atoms with Gasteiger partial charge in [-0.2, -0.15) is 0 Å². The fourth-order valence-corrected chi connectivity index (χ4v) is 8.37. The second kappa shape index (κ2) is 5.95. The lowest BCUT2D eigenvalue weighted by Gasteiger charge is -2.46. The number of rotatable bonds is 0. The smallest absolute Gasteiger partial charge is 0.306 e. The van der Waals surface area contributed by atoms with Crippen molar-refractivity contribution in [2.75, 3.05) is 0 Å². The fourth-order valence-electron chi connectivity index (χ4n) is 8.37. The summed E-state index contributed by atoms with van der Waals surface area (Å²) in [7, 11) is 0. The predicted octanol–water partition coefficient (Wildman–Crippen LogP) is 4.94. The number of ketones is 1. The maximum absolute atomic E-state index is 12.1. The van der Waals surface area contributed by atoms with Crippen molar-refractivity contribution in [3.05, 3.63) is 11.6 Å². The van der Waals surface area contributed by atoms with E-state index in [1.165, 1.54) is 31.3 Å². The molecule has 3 heteroatoms. The van der Waals surface area contributed by atoms with Crippen LogP contribution in [-0.2, 0) is 14.3 Å². The van der Waals surface area contributed by atoms with Crippen molar-refractivity contribution in [2.45, 2.75) is 77.2 Å². The molecule has 9 unspecified atom stereocenters. The van der Waals surface area contributed by atoms with Crippen molar-refractivity contribution >= 4 is 11.8 Å². The van der Waals surface area contributed by atoms with Crippen LogP contribution < -0.4 is 0 Å². The Hall–Kier alpha value is -1.12. The molecule has 6 aliphatic rings. The number of hydrogen-bond donors (Lipinski definition) is 0. The zero-order chi connectivity index (χ0) is 19.2. The van der Waals surface area contributed by atoms with Crippen LogP contribution in [0.15, 0.2) is 11.6 Å². The minimum atomic E-state index is -0.180. The lowest BCUT2D eigenvalue weighted by atomic mass is 9.59. The molecular weight excluding hydrogens is 348 g/mol. The average molecular weight is 383 g/mol. The molecule has 0 aromatic rings. The van der Waals surface area contributed by atoms with Crippen molar-refractivity contribution in [1.82, 2.24) is 0 Å². The normalized spacial score (nSPS) is 54.6. The van der Waals surface area contributed by atoms with Gasteiger partial charge < -0.3 is 4.74 Å². The van der Waals surface area contributed by atoms with Crippen LogP contribution in [-0.4, -0.2) is 17.4 Å². The third-order valence-electron chi connectivity index (χ3n) is 10.00. The molecule has 5 aliphatic carbocycles. The Morgan fingerprint density at radius 2 is 1.82 bits per heavy atom. The first-order chi connectivity index (χ1) is 13.5. The molecule has 1 heterocycles. The highest BCUT2D eigenvalue weighted by atomic mass is 16.6. The summed E-state index contributed by atoms with van der Waals surface area (Å²) in [6.07, 6.45) is 11.7. The lowest BCUT2D eigenvalue weighted by Crippen LogP contribution is -2.42. The molecule has 0 bridgehead atoms. The summed E-state index contributed by atoms with van der Waals surface area (Å²) in [4.78, 5) is 24.1. The molecule has 4 saturated carbocycles. The summed E-state index contributed by atoms with van der Waals surface area (Å²) in [5.41, 5.74) is 1.36. The van der Waals surface area contributed by atoms with Crippen LogP contribution in [0.25, 0.3) is 0 Å². The highest BCUT2D eigenvalue weighted by Crippen LogP contribution is 2.67. The Morgan fingerprint density at radius 1 is 0.964 bits per heavy atom. The quantitative estimate of drug-likeness (QED) is 0.557. The standard InChI is InChI=1S/C25H34O3/c1-13-3-5-18-17-6-4-16(26)10-20(17)21-11-22(21)24(18)14(2)19-9-15(19)12-25(13)8-7-23(27)28-25/h10,13-15,17-19,21-22,24H,3-9,11-12H2,1-2H3/t13?,14?,15?,17?,18?,19?,21?,22?,24?,25-/m0/s1. The predicted molar refractivity (Wildman–Crippen MR) is 106 cm³/mol. The second-order valence-corrected chi connectivity index (χ2v) is 11.2. The molecule has 0 aromatic carbocycles. The van der Waals surface area contributed by atoms with E-state index in [2.05, 4.69) is 19.9 Å². The Labute approximate surface area is 168 Å². The Bertz CT molecular complexity index is 753. The minimum absolute atomic E-state index is 0.0292. The van der Waals surface area contributed by atoms with Crippen LogP contribution in [0.3, 0.4) is 0 Å².